The van der Waals surface area contributed by atoms with E-state index in [1.54, 1.807) is 11.0 Å². The van der Waals surface area contributed by atoms with Gasteiger partial charge in [0, 0.05) is 24.5 Å². The standard InChI is InChI=1S/C14H15BrClN5/c1-9(16)14-18-11-7-10(15)3-4-12(11)21(14)6-5-13-17-8-20(2)19-13/h3-4,7-9H,5-6H2,1-2H3. The Kier molecular flexibility index (Phi) is 3.99. The molecule has 5 nitrogen and oxygen atoms in total. The van der Waals surface area contributed by atoms with E-state index in [1.165, 1.54) is 0 Å². The first kappa shape index (κ1) is 14.5. The van der Waals surface area contributed by atoms with E-state index < -0.39 is 0 Å². The molecule has 3 aromatic rings. The third-order valence-corrected chi connectivity index (χ3v) is 3.99. The van der Waals surface area contributed by atoms with Gasteiger partial charge in [0.25, 0.3) is 0 Å². The molecule has 0 spiro atoms. The normalized spacial score (nSPS) is 13.0. The third kappa shape index (κ3) is 2.96. The van der Waals surface area contributed by atoms with Crippen LogP contribution >= 0.6 is 27.5 Å². The highest BCUT2D eigenvalue weighted by molar-refractivity contribution is 9.10. The van der Waals surface area contributed by atoms with Gasteiger partial charge in [-0.1, -0.05) is 15.9 Å². The zero-order valence-electron chi connectivity index (χ0n) is 11.8. The fraction of sp³-hybridized carbons (Fsp3) is 0.357. The molecule has 0 aliphatic heterocycles. The average molecular weight is 369 g/mol. The molecule has 1 atom stereocenters. The van der Waals surface area contributed by atoms with E-state index in [1.807, 2.05) is 26.1 Å². The van der Waals surface area contributed by atoms with Gasteiger partial charge in [-0.15, -0.1) is 11.6 Å². The van der Waals surface area contributed by atoms with Gasteiger partial charge in [-0.05, 0) is 25.1 Å². The molecule has 0 saturated carbocycles. The van der Waals surface area contributed by atoms with E-state index in [-0.39, 0.29) is 5.38 Å². The number of benzene rings is 1. The van der Waals surface area contributed by atoms with Gasteiger partial charge in [0.1, 0.15) is 12.2 Å². The molecule has 2 aromatic heterocycles. The molecule has 1 unspecified atom stereocenters. The molecule has 2 heterocycles. The smallest absolute Gasteiger partial charge is 0.152 e. The summed E-state index contributed by atoms with van der Waals surface area (Å²) >= 11 is 9.75. The fourth-order valence-electron chi connectivity index (χ4n) is 2.37. The Bertz CT molecular complexity index is 777. The average Bonchev–Trinajstić information content (AvgIpc) is 2.99. The molecule has 0 bridgehead atoms. The van der Waals surface area contributed by atoms with E-state index in [2.05, 4.69) is 41.6 Å². The van der Waals surface area contributed by atoms with Crippen LogP contribution in [-0.4, -0.2) is 24.3 Å². The van der Waals surface area contributed by atoms with E-state index in [9.17, 15) is 0 Å². The largest absolute Gasteiger partial charge is 0.326 e. The quantitative estimate of drug-likeness (QED) is 0.663. The van der Waals surface area contributed by atoms with Crippen molar-refractivity contribution in [3.63, 3.8) is 0 Å². The number of fused-ring (bicyclic) bond motifs is 1. The maximum absolute atomic E-state index is 6.28. The molecular weight excluding hydrogens is 354 g/mol. The number of imidazole rings is 1. The van der Waals surface area contributed by atoms with Crippen LogP contribution in [0, 0.1) is 0 Å². The Labute approximate surface area is 136 Å². The van der Waals surface area contributed by atoms with Crippen molar-refractivity contribution in [1.82, 2.24) is 24.3 Å². The van der Waals surface area contributed by atoms with Crippen molar-refractivity contribution in [3.8, 4) is 0 Å². The Morgan fingerprint density at radius 1 is 1.38 bits per heavy atom. The summed E-state index contributed by atoms with van der Waals surface area (Å²) in [6.07, 6.45) is 2.46. The molecule has 110 valence electrons. The fourth-order valence-corrected chi connectivity index (χ4v) is 2.89. The van der Waals surface area contributed by atoms with Crippen molar-refractivity contribution >= 4 is 38.6 Å². The number of alkyl halides is 1. The zero-order valence-corrected chi connectivity index (χ0v) is 14.1. The molecule has 3 rings (SSSR count). The Hall–Kier alpha value is -1.40. The van der Waals surface area contributed by atoms with Crippen molar-refractivity contribution in [1.29, 1.82) is 0 Å². The summed E-state index contributed by atoms with van der Waals surface area (Å²) < 4.78 is 4.87. The van der Waals surface area contributed by atoms with Gasteiger partial charge in [-0.2, -0.15) is 5.10 Å². The van der Waals surface area contributed by atoms with Crippen LogP contribution in [0.5, 0.6) is 0 Å². The van der Waals surface area contributed by atoms with Crippen molar-refractivity contribution in [3.05, 3.63) is 40.6 Å². The van der Waals surface area contributed by atoms with Crippen LogP contribution in [0.2, 0.25) is 0 Å². The van der Waals surface area contributed by atoms with Crippen LogP contribution in [-0.2, 0) is 20.0 Å². The van der Waals surface area contributed by atoms with Crippen LogP contribution in [0.1, 0.15) is 23.9 Å². The second-order valence-corrected chi connectivity index (χ2v) is 6.53. The number of hydrogen-bond acceptors (Lipinski definition) is 3. The first-order valence-corrected chi connectivity index (χ1v) is 7.92. The number of aromatic nitrogens is 5. The summed E-state index contributed by atoms with van der Waals surface area (Å²) in [4.78, 5) is 8.91. The zero-order chi connectivity index (χ0) is 15.0. The van der Waals surface area contributed by atoms with E-state index in [0.29, 0.717) is 0 Å². The number of hydrogen-bond donors (Lipinski definition) is 0. The topological polar surface area (TPSA) is 48.5 Å². The number of halogens is 2. The minimum atomic E-state index is -0.145. The Balaban J connectivity index is 1.97. The predicted molar refractivity (Wildman–Crippen MR) is 86.4 cm³/mol. The summed E-state index contributed by atoms with van der Waals surface area (Å²) in [5, 5.41) is 4.16. The summed E-state index contributed by atoms with van der Waals surface area (Å²) in [5.74, 6) is 1.70. The summed E-state index contributed by atoms with van der Waals surface area (Å²) in [6, 6.07) is 6.08. The van der Waals surface area contributed by atoms with Gasteiger partial charge < -0.3 is 4.57 Å². The number of nitrogens with zero attached hydrogens (tertiary/aromatic N) is 5. The van der Waals surface area contributed by atoms with Gasteiger partial charge in [0.15, 0.2) is 5.82 Å². The van der Waals surface area contributed by atoms with Crippen LogP contribution in [0.4, 0.5) is 0 Å². The highest BCUT2D eigenvalue weighted by Crippen LogP contribution is 2.26. The van der Waals surface area contributed by atoms with Crippen molar-refractivity contribution in [2.75, 3.05) is 0 Å². The van der Waals surface area contributed by atoms with Crippen LogP contribution in [0.3, 0.4) is 0 Å². The lowest BCUT2D eigenvalue weighted by Crippen LogP contribution is -2.08. The second kappa shape index (κ2) is 5.77. The van der Waals surface area contributed by atoms with Gasteiger partial charge in [-0.3, -0.25) is 4.68 Å². The van der Waals surface area contributed by atoms with Gasteiger partial charge in [0.05, 0.1) is 16.4 Å². The molecular formula is C14H15BrClN5. The van der Waals surface area contributed by atoms with Gasteiger partial charge >= 0.3 is 0 Å². The molecule has 0 aliphatic carbocycles. The molecule has 7 heteroatoms. The minimum absolute atomic E-state index is 0.145. The second-order valence-electron chi connectivity index (χ2n) is 4.96. The summed E-state index contributed by atoms with van der Waals surface area (Å²) in [7, 11) is 1.87. The molecule has 1 aromatic carbocycles. The maximum Gasteiger partial charge on any atom is 0.152 e. The molecule has 0 radical (unpaired) electrons. The minimum Gasteiger partial charge on any atom is -0.326 e. The lowest BCUT2D eigenvalue weighted by molar-refractivity contribution is 0.641. The van der Waals surface area contributed by atoms with E-state index in [4.69, 9.17) is 11.6 Å². The molecule has 0 aliphatic rings. The number of aryl methyl sites for hydroxylation is 3. The first-order valence-electron chi connectivity index (χ1n) is 6.69. The third-order valence-electron chi connectivity index (χ3n) is 3.30. The summed E-state index contributed by atoms with van der Waals surface area (Å²) in [5.41, 5.74) is 2.03. The monoisotopic (exact) mass is 367 g/mol. The first-order chi connectivity index (χ1) is 10.0. The van der Waals surface area contributed by atoms with Crippen LogP contribution in [0.15, 0.2) is 29.0 Å². The lowest BCUT2D eigenvalue weighted by atomic mass is 10.3. The molecule has 0 amide bonds. The van der Waals surface area contributed by atoms with Crippen molar-refractivity contribution in [2.45, 2.75) is 25.3 Å². The predicted octanol–water partition coefficient (Wildman–Crippen LogP) is 3.47. The lowest BCUT2D eigenvalue weighted by Gasteiger charge is -2.09. The highest BCUT2D eigenvalue weighted by Gasteiger charge is 2.15. The molecule has 0 saturated heterocycles. The van der Waals surface area contributed by atoms with Gasteiger partial charge in [-0.25, -0.2) is 9.97 Å². The highest BCUT2D eigenvalue weighted by atomic mass is 79.9. The number of rotatable bonds is 4. The molecule has 21 heavy (non-hydrogen) atoms. The Morgan fingerprint density at radius 2 is 2.19 bits per heavy atom. The van der Waals surface area contributed by atoms with Crippen LogP contribution < -0.4 is 0 Å². The van der Waals surface area contributed by atoms with E-state index in [0.717, 1.165) is 40.1 Å². The maximum atomic E-state index is 6.28. The SMILES string of the molecule is CC(Cl)c1nc2cc(Br)ccc2n1CCc1ncn(C)n1. The Morgan fingerprint density at radius 3 is 2.86 bits per heavy atom. The van der Waals surface area contributed by atoms with Crippen molar-refractivity contribution < 1.29 is 0 Å². The van der Waals surface area contributed by atoms with Gasteiger partial charge in [0.2, 0.25) is 0 Å². The van der Waals surface area contributed by atoms with Crippen molar-refractivity contribution in [2.24, 2.45) is 7.05 Å². The molecule has 0 N–H and O–H groups in total. The summed E-state index contributed by atoms with van der Waals surface area (Å²) in [6.45, 7) is 2.70. The van der Waals surface area contributed by atoms with Crippen LogP contribution in [0.25, 0.3) is 11.0 Å². The van der Waals surface area contributed by atoms with E-state index >= 15 is 0 Å². The molecule has 0 fully saturated rings.